The van der Waals surface area contributed by atoms with Crippen molar-refractivity contribution in [3.63, 3.8) is 0 Å². The van der Waals surface area contributed by atoms with Crippen LogP contribution in [0.5, 0.6) is 0 Å². The average molecular weight is 486 g/mol. The summed E-state index contributed by atoms with van der Waals surface area (Å²) in [6.07, 6.45) is 5.25. The van der Waals surface area contributed by atoms with Crippen LogP contribution in [0.2, 0.25) is 0 Å². The second-order valence-electron chi connectivity index (χ2n) is 12.5. The number of hydrogen-bond acceptors (Lipinski definition) is 1. The van der Waals surface area contributed by atoms with Crippen molar-refractivity contribution in [3.8, 4) is 22.3 Å². The van der Waals surface area contributed by atoms with Crippen molar-refractivity contribution in [2.75, 3.05) is 4.90 Å². The molecule has 0 unspecified atom stereocenters. The molecule has 0 saturated heterocycles. The van der Waals surface area contributed by atoms with Crippen molar-refractivity contribution in [2.45, 2.75) is 77.2 Å². The summed E-state index contributed by atoms with van der Waals surface area (Å²) in [6, 6.07) is 34.0. The third-order valence-corrected chi connectivity index (χ3v) is 8.67. The van der Waals surface area contributed by atoms with Gasteiger partial charge in [0, 0.05) is 27.9 Å². The maximum Gasteiger partial charge on any atom is 0.0495 e. The van der Waals surface area contributed by atoms with Crippen molar-refractivity contribution in [2.24, 2.45) is 0 Å². The van der Waals surface area contributed by atoms with Gasteiger partial charge in [-0.1, -0.05) is 106 Å². The maximum atomic E-state index is 2.64. The van der Waals surface area contributed by atoms with Gasteiger partial charge in [0.2, 0.25) is 0 Å². The smallest absolute Gasteiger partial charge is 0.0495 e. The Balaban J connectivity index is 1.64. The van der Waals surface area contributed by atoms with Crippen molar-refractivity contribution in [3.05, 3.63) is 108 Å². The lowest BCUT2D eigenvalue weighted by Gasteiger charge is -2.41. The molecule has 188 valence electrons. The number of rotatable bonds is 4. The van der Waals surface area contributed by atoms with E-state index in [0.717, 1.165) is 0 Å². The molecule has 0 heterocycles. The van der Waals surface area contributed by atoms with Crippen LogP contribution in [0.3, 0.4) is 0 Å². The number of fused-ring (bicyclic) bond motifs is 3. The van der Waals surface area contributed by atoms with Crippen molar-refractivity contribution in [1.82, 2.24) is 0 Å². The summed E-state index contributed by atoms with van der Waals surface area (Å²) >= 11 is 0. The van der Waals surface area contributed by atoms with Crippen LogP contribution in [-0.4, -0.2) is 5.54 Å². The van der Waals surface area contributed by atoms with Gasteiger partial charge in [0.25, 0.3) is 0 Å². The zero-order chi connectivity index (χ0) is 25.8. The zero-order valence-corrected chi connectivity index (χ0v) is 23.0. The molecule has 1 fully saturated rings. The number of para-hydroxylation sites is 1. The first kappa shape index (κ1) is 24.0. The van der Waals surface area contributed by atoms with Gasteiger partial charge >= 0.3 is 0 Å². The summed E-state index contributed by atoms with van der Waals surface area (Å²) in [7, 11) is 0. The predicted octanol–water partition coefficient (Wildman–Crippen LogP) is 10.3. The van der Waals surface area contributed by atoms with Crippen LogP contribution in [0.1, 0.15) is 82.9 Å². The zero-order valence-electron chi connectivity index (χ0n) is 23.0. The van der Waals surface area contributed by atoms with Gasteiger partial charge in [-0.3, -0.25) is 0 Å². The van der Waals surface area contributed by atoms with Crippen molar-refractivity contribution in [1.29, 1.82) is 0 Å². The van der Waals surface area contributed by atoms with E-state index in [-0.39, 0.29) is 11.0 Å². The van der Waals surface area contributed by atoms with Gasteiger partial charge in [-0.15, -0.1) is 0 Å². The Morgan fingerprint density at radius 1 is 0.649 bits per heavy atom. The summed E-state index contributed by atoms with van der Waals surface area (Å²) in [5, 5.41) is 0. The minimum Gasteiger partial charge on any atom is -0.335 e. The third-order valence-electron chi connectivity index (χ3n) is 8.67. The van der Waals surface area contributed by atoms with Gasteiger partial charge in [0.1, 0.15) is 0 Å². The van der Waals surface area contributed by atoms with E-state index in [1.54, 1.807) is 0 Å². The molecule has 1 heteroatoms. The van der Waals surface area contributed by atoms with Gasteiger partial charge < -0.3 is 4.90 Å². The van der Waals surface area contributed by atoms with E-state index in [1.165, 1.54) is 76.0 Å². The van der Waals surface area contributed by atoms with Crippen LogP contribution in [0.15, 0.2) is 91.0 Å². The molecule has 37 heavy (non-hydrogen) atoms. The molecule has 6 rings (SSSR count). The fourth-order valence-electron chi connectivity index (χ4n) is 6.89. The molecule has 4 aromatic carbocycles. The predicted molar refractivity (Wildman–Crippen MR) is 159 cm³/mol. The minimum atomic E-state index is -0.0971. The molecule has 1 saturated carbocycles. The Morgan fingerprint density at radius 2 is 1.27 bits per heavy atom. The molecule has 0 atom stereocenters. The molecule has 0 bridgehead atoms. The SMILES string of the molecule is CC1(C)c2ccccc2-c2cc(N(c3ccccc3-c3ccccc3)C(C)(C)C)c(C3CCCC3)cc21. The highest BCUT2D eigenvalue weighted by atomic mass is 15.2. The Hall–Kier alpha value is -3.32. The fourth-order valence-corrected chi connectivity index (χ4v) is 6.89. The number of hydrogen-bond donors (Lipinski definition) is 0. The van der Waals surface area contributed by atoms with Crippen molar-refractivity contribution < 1.29 is 0 Å². The van der Waals surface area contributed by atoms with Gasteiger partial charge in [-0.05, 0) is 85.0 Å². The van der Waals surface area contributed by atoms with E-state index in [0.29, 0.717) is 5.92 Å². The number of benzene rings is 4. The molecule has 0 spiro atoms. The lowest BCUT2D eigenvalue weighted by molar-refractivity contribution is 0.556. The highest BCUT2D eigenvalue weighted by molar-refractivity contribution is 5.89. The summed E-state index contributed by atoms with van der Waals surface area (Å²) in [6.45, 7) is 11.9. The first-order valence-corrected chi connectivity index (χ1v) is 14.0. The molecule has 2 aliphatic carbocycles. The quantitative estimate of drug-likeness (QED) is 0.278. The number of nitrogens with zero attached hydrogens (tertiary/aromatic N) is 1. The summed E-state index contributed by atoms with van der Waals surface area (Å²) in [4.78, 5) is 2.64. The second kappa shape index (κ2) is 8.91. The first-order chi connectivity index (χ1) is 17.8. The molecule has 0 aromatic heterocycles. The Labute approximate surface area is 223 Å². The Bertz CT molecular complexity index is 1430. The summed E-state index contributed by atoms with van der Waals surface area (Å²) < 4.78 is 0. The normalized spacial score (nSPS) is 16.5. The molecule has 0 N–H and O–H groups in total. The van der Waals surface area contributed by atoms with Crippen LogP contribution < -0.4 is 4.90 Å². The van der Waals surface area contributed by atoms with E-state index in [9.17, 15) is 0 Å². The van der Waals surface area contributed by atoms with E-state index in [2.05, 4.69) is 131 Å². The van der Waals surface area contributed by atoms with Gasteiger partial charge in [-0.25, -0.2) is 0 Å². The van der Waals surface area contributed by atoms with Gasteiger partial charge in [0.05, 0.1) is 0 Å². The van der Waals surface area contributed by atoms with Gasteiger partial charge in [0.15, 0.2) is 0 Å². The van der Waals surface area contributed by atoms with E-state index < -0.39 is 0 Å². The van der Waals surface area contributed by atoms with Crippen LogP contribution in [0.4, 0.5) is 11.4 Å². The van der Waals surface area contributed by atoms with Crippen molar-refractivity contribution >= 4 is 11.4 Å². The summed E-state index contributed by atoms with van der Waals surface area (Å²) in [5.74, 6) is 0.619. The maximum absolute atomic E-state index is 2.64. The number of anilines is 2. The molecular weight excluding hydrogens is 446 g/mol. The molecule has 2 aliphatic rings. The lowest BCUT2D eigenvalue weighted by atomic mass is 9.80. The molecule has 0 aliphatic heterocycles. The van der Waals surface area contributed by atoms with Crippen LogP contribution in [0.25, 0.3) is 22.3 Å². The molecular formula is C36H39N. The molecule has 1 nitrogen and oxygen atoms in total. The van der Waals surface area contributed by atoms with E-state index >= 15 is 0 Å². The highest BCUT2D eigenvalue weighted by Gasteiger charge is 2.39. The average Bonchev–Trinajstić information content (AvgIpc) is 3.50. The Kier molecular flexibility index (Phi) is 5.79. The van der Waals surface area contributed by atoms with Crippen LogP contribution in [0, 0.1) is 0 Å². The molecule has 0 amide bonds. The standard InChI is InChI=1S/C36H39N/c1-35(2,3)37(33-22-14-12-19-27(33)25-15-7-6-8-16-25)34-24-30-28-20-11-13-21-31(28)36(4,5)32(30)23-29(34)26-17-9-10-18-26/h6-8,11-16,19-24,26H,9-10,17-18H2,1-5H3. The molecule has 0 radical (unpaired) electrons. The largest absolute Gasteiger partial charge is 0.335 e. The molecule has 4 aromatic rings. The minimum absolute atomic E-state index is 0.0202. The van der Waals surface area contributed by atoms with Crippen LogP contribution in [-0.2, 0) is 5.41 Å². The third kappa shape index (κ3) is 4.00. The monoisotopic (exact) mass is 485 g/mol. The summed E-state index contributed by atoms with van der Waals surface area (Å²) in [5.41, 5.74) is 12.4. The fraction of sp³-hybridized carbons (Fsp3) is 0.333. The first-order valence-electron chi connectivity index (χ1n) is 14.0. The lowest BCUT2D eigenvalue weighted by Crippen LogP contribution is -2.38. The van der Waals surface area contributed by atoms with Gasteiger partial charge in [-0.2, -0.15) is 0 Å². The Morgan fingerprint density at radius 3 is 1.97 bits per heavy atom. The van der Waals surface area contributed by atoms with E-state index in [1.807, 2.05) is 0 Å². The second-order valence-corrected chi connectivity index (χ2v) is 12.5. The highest BCUT2D eigenvalue weighted by Crippen LogP contribution is 2.54. The van der Waals surface area contributed by atoms with Crippen LogP contribution >= 0.6 is 0 Å². The van der Waals surface area contributed by atoms with E-state index in [4.69, 9.17) is 0 Å². The topological polar surface area (TPSA) is 3.24 Å².